The van der Waals surface area contributed by atoms with E-state index < -0.39 is 0 Å². The van der Waals surface area contributed by atoms with Crippen molar-refractivity contribution in [2.24, 2.45) is 0 Å². The van der Waals surface area contributed by atoms with Crippen molar-refractivity contribution in [2.45, 2.75) is 39.3 Å². The minimum Gasteiger partial charge on any atom is -0.382 e. The maximum Gasteiger partial charge on any atom is 0.267 e. The van der Waals surface area contributed by atoms with E-state index in [2.05, 4.69) is 29.2 Å². The Morgan fingerprint density at radius 2 is 2.24 bits per heavy atom. The van der Waals surface area contributed by atoms with Gasteiger partial charge in [0, 0.05) is 31.7 Å². The van der Waals surface area contributed by atoms with Crippen LogP contribution < -0.4 is 11.1 Å². The molecule has 0 aromatic carbocycles. The summed E-state index contributed by atoms with van der Waals surface area (Å²) in [5.74, 6) is 0.341. The minimum absolute atomic E-state index is 0.00774. The van der Waals surface area contributed by atoms with Crippen LogP contribution in [-0.2, 0) is 0 Å². The molecular formula is C14H25N5OS. The molecule has 0 saturated carbocycles. The van der Waals surface area contributed by atoms with Crippen molar-refractivity contribution in [3.8, 4) is 0 Å². The van der Waals surface area contributed by atoms with Gasteiger partial charge in [-0.1, -0.05) is 18.3 Å². The van der Waals surface area contributed by atoms with Gasteiger partial charge in [-0.05, 0) is 27.3 Å². The number of carbonyl (C=O) groups excluding carboxylic acids is 1. The van der Waals surface area contributed by atoms with Crippen LogP contribution in [-0.4, -0.2) is 59.5 Å². The fourth-order valence-electron chi connectivity index (χ4n) is 2.51. The van der Waals surface area contributed by atoms with Gasteiger partial charge < -0.3 is 16.0 Å². The van der Waals surface area contributed by atoms with E-state index in [9.17, 15) is 4.79 Å². The van der Waals surface area contributed by atoms with E-state index >= 15 is 0 Å². The summed E-state index contributed by atoms with van der Waals surface area (Å²) in [7, 11) is 2.11. The highest BCUT2D eigenvalue weighted by Gasteiger charge is 2.29. The summed E-state index contributed by atoms with van der Waals surface area (Å²) in [6.45, 7) is 8.63. The van der Waals surface area contributed by atoms with Gasteiger partial charge in [-0.25, -0.2) is 4.98 Å². The largest absolute Gasteiger partial charge is 0.382 e. The quantitative estimate of drug-likeness (QED) is 0.885. The van der Waals surface area contributed by atoms with Crippen molar-refractivity contribution in [2.75, 3.05) is 37.7 Å². The van der Waals surface area contributed by atoms with Crippen molar-refractivity contribution in [3.05, 3.63) is 4.88 Å². The summed E-state index contributed by atoms with van der Waals surface area (Å²) >= 11 is 1.35. The first-order chi connectivity index (χ1) is 9.92. The van der Waals surface area contributed by atoms with E-state index in [-0.39, 0.29) is 11.9 Å². The first-order valence-electron chi connectivity index (χ1n) is 7.44. The van der Waals surface area contributed by atoms with Gasteiger partial charge in [0.05, 0.1) is 0 Å². The van der Waals surface area contributed by atoms with Gasteiger partial charge in [-0.3, -0.25) is 9.69 Å². The zero-order chi connectivity index (χ0) is 15.6. The summed E-state index contributed by atoms with van der Waals surface area (Å²) in [5.41, 5.74) is 5.92. The third-order valence-corrected chi connectivity index (χ3v) is 4.79. The highest BCUT2D eigenvalue weighted by molar-refractivity contribution is 7.18. The van der Waals surface area contributed by atoms with Gasteiger partial charge in [0.2, 0.25) is 0 Å². The molecule has 1 fully saturated rings. The van der Waals surface area contributed by atoms with E-state index in [0.717, 1.165) is 26.1 Å². The molecule has 1 aliphatic rings. The SMILES string of the molecule is CCC1CN(C(=O)c2sc(NC(C)C)nc2N)CCN1C. The zero-order valence-corrected chi connectivity index (χ0v) is 14.0. The summed E-state index contributed by atoms with van der Waals surface area (Å²) in [5, 5.41) is 3.91. The van der Waals surface area contributed by atoms with Gasteiger partial charge in [-0.15, -0.1) is 0 Å². The second-order valence-electron chi connectivity index (χ2n) is 5.83. The molecule has 118 valence electrons. The summed E-state index contributed by atoms with van der Waals surface area (Å²) in [6.07, 6.45) is 1.04. The number of nitrogens with two attached hydrogens (primary N) is 1. The fourth-order valence-corrected chi connectivity index (χ4v) is 3.51. The highest BCUT2D eigenvalue weighted by atomic mass is 32.1. The monoisotopic (exact) mass is 311 g/mol. The van der Waals surface area contributed by atoms with E-state index in [4.69, 9.17) is 5.73 Å². The molecule has 0 aliphatic carbocycles. The van der Waals surface area contributed by atoms with Crippen LogP contribution in [0.2, 0.25) is 0 Å². The van der Waals surface area contributed by atoms with Crippen molar-refractivity contribution >= 4 is 28.2 Å². The van der Waals surface area contributed by atoms with E-state index in [1.807, 2.05) is 18.7 Å². The molecule has 1 amide bonds. The summed E-state index contributed by atoms with van der Waals surface area (Å²) in [6, 6.07) is 0.691. The van der Waals surface area contributed by atoms with Crippen LogP contribution in [0.5, 0.6) is 0 Å². The Hall–Kier alpha value is -1.34. The number of rotatable bonds is 4. The number of aromatic nitrogens is 1. The number of carbonyl (C=O) groups is 1. The van der Waals surface area contributed by atoms with Gasteiger partial charge >= 0.3 is 0 Å². The van der Waals surface area contributed by atoms with Crippen LogP contribution in [0, 0.1) is 0 Å². The third kappa shape index (κ3) is 3.65. The molecule has 0 bridgehead atoms. The summed E-state index contributed by atoms with van der Waals surface area (Å²) < 4.78 is 0. The van der Waals surface area contributed by atoms with Crippen LogP contribution in [0.3, 0.4) is 0 Å². The zero-order valence-electron chi connectivity index (χ0n) is 13.2. The topological polar surface area (TPSA) is 74.5 Å². The molecule has 2 heterocycles. The van der Waals surface area contributed by atoms with Gasteiger partial charge in [-0.2, -0.15) is 0 Å². The molecule has 1 saturated heterocycles. The van der Waals surface area contributed by atoms with Crippen molar-refractivity contribution in [1.29, 1.82) is 0 Å². The van der Waals surface area contributed by atoms with Crippen molar-refractivity contribution in [1.82, 2.24) is 14.8 Å². The number of anilines is 2. The Balaban J connectivity index is 2.11. The molecule has 1 aromatic heterocycles. The predicted molar refractivity (Wildman–Crippen MR) is 87.9 cm³/mol. The number of hydrogen-bond donors (Lipinski definition) is 2. The lowest BCUT2D eigenvalue weighted by atomic mass is 10.1. The van der Waals surface area contributed by atoms with Crippen LogP contribution in [0.1, 0.15) is 36.9 Å². The van der Waals surface area contributed by atoms with E-state index in [0.29, 0.717) is 21.9 Å². The van der Waals surface area contributed by atoms with Crippen LogP contribution in [0.4, 0.5) is 10.9 Å². The standard InChI is InChI=1S/C14H25N5OS/c1-5-10-8-19(7-6-18(10)4)13(20)11-12(15)17-14(21-11)16-9(2)3/h9-10H,5-8,15H2,1-4H3,(H,16,17). The molecule has 1 atom stereocenters. The molecule has 0 spiro atoms. The summed E-state index contributed by atoms with van der Waals surface area (Å²) in [4.78, 5) is 21.7. The molecule has 3 N–H and O–H groups in total. The van der Waals surface area contributed by atoms with Crippen molar-refractivity contribution in [3.63, 3.8) is 0 Å². The third-order valence-electron chi connectivity index (χ3n) is 3.80. The maximum absolute atomic E-state index is 12.7. The normalized spacial score (nSPS) is 20.0. The second-order valence-corrected chi connectivity index (χ2v) is 6.83. The van der Waals surface area contributed by atoms with Crippen LogP contribution in [0.15, 0.2) is 0 Å². The van der Waals surface area contributed by atoms with Gasteiger partial charge in [0.1, 0.15) is 10.7 Å². The number of nitrogens with one attached hydrogen (secondary N) is 1. The molecule has 6 nitrogen and oxygen atoms in total. The van der Waals surface area contributed by atoms with Crippen LogP contribution in [0.25, 0.3) is 0 Å². The Labute approximate surface area is 130 Å². The number of piperazine rings is 1. The number of hydrogen-bond acceptors (Lipinski definition) is 6. The molecule has 1 aliphatic heterocycles. The number of nitrogens with zero attached hydrogens (tertiary/aromatic N) is 3. The lowest BCUT2D eigenvalue weighted by Crippen LogP contribution is -2.52. The second kappa shape index (κ2) is 6.62. The number of likely N-dealkylation sites (N-methyl/N-ethyl adjacent to an activating group) is 1. The van der Waals surface area contributed by atoms with Crippen LogP contribution >= 0.6 is 11.3 Å². The molecular weight excluding hydrogens is 286 g/mol. The fraction of sp³-hybridized carbons (Fsp3) is 0.714. The Morgan fingerprint density at radius 3 is 2.86 bits per heavy atom. The molecule has 21 heavy (non-hydrogen) atoms. The first-order valence-corrected chi connectivity index (χ1v) is 8.26. The number of amides is 1. The maximum atomic E-state index is 12.7. The van der Waals surface area contributed by atoms with E-state index in [1.165, 1.54) is 11.3 Å². The van der Waals surface area contributed by atoms with Crippen molar-refractivity contribution < 1.29 is 4.79 Å². The highest BCUT2D eigenvalue weighted by Crippen LogP contribution is 2.27. The average Bonchev–Trinajstić information content (AvgIpc) is 2.78. The molecule has 0 radical (unpaired) electrons. The molecule has 1 unspecified atom stereocenters. The number of nitrogen functional groups attached to an aromatic ring is 1. The Bertz CT molecular complexity index is 502. The Morgan fingerprint density at radius 1 is 1.52 bits per heavy atom. The lowest BCUT2D eigenvalue weighted by molar-refractivity contribution is 0.0547. The average molecular weight is 311 g/mol. The minimum atomic E-state index is 0.00774. The van der Waals surface area contributed by atoms with E-state index in [1.54, 1.807) is 0 Å². The molecule has 1 aromatic rings. The predicted octanol–water partition coefficient (Wildman–Crippen LogP) is 1.71. The molecule has 2 rings (SSSR count). The lowest BCUT2D eigenvalue weighted by Gasteiger charge is -2.38. The number of thiazole rings is 1. The Kier molecular flexibility index (Phi) is 5.05. The van der Waals surface area contributed by atoms with Gasteiger partial charge in [0.15, 0.2) is 5.13 Å². The van der Waals surface area contributed by atoms with Gasteiger partial charge in [0.25, 0.3) is 5.91 Å². The first kappa shape index (κ1) is 16.0. The smallest absolute Gasteiger partial charge is 0.267 e. The molecule has 7 heteroatoms.